The molecule has 0 saturated heterocycles. The quantitative estimate of drug-likeness (QED) is 0.532. The average Bonchev–Trinajstić information content (AvgIpc) is 2.41. The van der Waals surface area contributed by atoms with E-state index in [1.165, 1.54) is 24.4 Å². The van der Waals surface area contributed by atoms with Crippen LogP contribution < -0.4 is 5.73 Å². The number of aromatic nitrogens is 2. The van der Waals surface area contributed by atoms with Crippen LogP contribution in [0.2, 0.25) is 10.3 Å². The Morgan fingerprint density at radius 1 is 1.30 bits per heavy atom. The molecule has 0 saturated carbocycles. The van der Waals surface area contributed by atoms with E-state index in [-0.39, 0.29) is 27.5 Å². The molecule has 0 atom stereocenters. The van der Waals surface area contributed by atoms with E-state index in [0.717, 1.165) is 0 Å². The van der Waals surface area contributed by atoms with Gasteiger partial charge in [-0.25, -0.2) is 9.97 Å². The van der Waals surface area contributed by atoms with Crippen LogP contribution >= 0.6 is 23.2 Å². The molecule has 0 aliphatic carbocycles. The van der Waals surface area contributed by atoms with Gasteiger partial charge in [0, 0.05) is 12.1 Å². The highest BCUT2D eigenvalue weighted by Crippen LogP contribution is 2.21. The Morgan fingerprint density at radius 2 is 2.00 bits per heavy atom. The highest BCUT2D eigenvalue weighted by atomic mass is 35.5. The molecule has 1 heterocycles. The molecule has 0 amide bonds. The summed E-state index contributed by atoms with van der Waals surface area (Å²) >= 11 is 11.4. The third-order valence-corrected chi connectivity index (χ3v) is 2.87. The number of nitro groups is 1. The van der Waals surface area contributed by atoms with Gasteiger partial charge in [-0.15, -0.1) is 0 Å². The van der Waals surface area contributed by atoms with Gasteiger partial charge in [0.15, 0.2) is 16.1 Å². The van der Waals surface area contributed by atoms with Crippen molar-refractivity contribution in [2.24, 2.45) is 4.99 Å². The Balaban J connectivity index is 2.32. The Kier molecular flexibility index (Phi) is 4.11. The molecule has 0 fully saturated rings. The first kappa shape index (κ1) is 14.2. The van der Waals surface area contributed by atoms with Gasteiger partial charge >= 0.3 is 0 Å². The summed E-state index contributed by atoms with van der Waals surface area (Å²) in [5.74, 6) is 0.0635. The Labute approximate surface area is 123 Å². The Bertz CT molecular complexity index is 705. The minimum absolute atomic E-state index is 0.00126. The Morgan fingerprint density at radius 3 is 2.70 bits per heavy atom. The molecule has 20 heavy (non-hydrogen) atoms. The number of rotatable bonds is 3. The number of anilines is 1. The van der Waals surface area contributed by atoms with Crippen LogP contribution in [0.3, 0.4) is 0 Å². The van der Waals surface area contributed by atoms with Gasteiger partial charge < -0.3 is 5.73 Å². The lowest BCUT2D eigenvalue weighted by Crippen LogP contribution is -2.01. The van der Waals surface area contributed by atoms with Gasteiger partial charge in [0.1, 0.15) is 5.69 Å². The predicted octanol–water partition coefficient (Wildman–Crippen LogP) is 3.02. The fourth-order valence-corrected chi connectivity index (χ4v) is 1.60. The molecule has 0 unspecified atom stereocenters. The fourth-order valence-electron chi connectivity index (χ4n) is 1.34. The minimum atomic E-state index is -0.508. The number of hydrogen-bond donors (Lipinski definition) is 1. The summed E-state index contributed by atoms with van der Waals surface area (Å²) < 4.78 is 0. The van der Waals surface area contributed by atoms with Crippen molar-refractivity contribution in [2.75, 3.05) is 5.73 Å². The molecular weight excluding hydrogens is 305 g/mol. The van der Waals surface area contributed by atoms with Crippen LogP contribution in [0.4, 0.5) is 17.2 Å². The number of nitrogens with zero attached hydrogens (tertiary/aromatic N) is 4. The van der Waals surface area contributed by atoms with Gasteiger partial charge in [0.2, 0.25) is 0 Å². The zero-order chi connectivity index (χ0) is 14.7. The minimum Gasteiger partial charge on any atom is -0.382 e. The topological polar surface area (TPSA) is 107 Å². The second-order valence-corrected chi connectivity index (χ2v) is 4.33. The molecule has 1 aromatic carbocycles. The number of halogens is 2. The van der Waals surface area contributed by atoms with Crippen molar-refractivity contribution in [1.82, 2.24) is 9.97 Å². The van der Waals surface area contributed by atoms with Crippen molar-refractivity contribution < 1.29 is 4.92 Å². The zero-order valence-corrected chi connectivity index (χ0v) is 11.3. The Hall–Kier alpha value is -2.25. The number of non-ortho nitro benzene ring substituents is 1. The summed E-state index contributed by atoms with van der Waals surface area (Å²) in [4.78, 5) is 21.9. The van der Waals surface area contributed by atoms with Gasteiger partial charge in [-0.05, 0) is 6.07 Å². The summed E-state index contributed by atoms with van der Waals surface area (Å²) in [5, 5.41) is 10.6. The first-order chi connectivity index (χ1) is 9.47. The number of benzene rings is 1. The molecule has 2 aromatic rings. The van der Waals surface area contributed by atoms with E-state index in [0.29, 0.717) is 5.69 Å². The molecule has 0 bridgehead atoms. The monoisotopic (exact) mass is 311 g/mol. The van der Waals surface area contributed by atoms with Crippen molar-refractivity contribution in [3.8, 4) is 0 Å². The van der Waals surface area contributed by atoms with Gasteiger partial charge in [0.25, 0.3) is 5.69 Å². The highest BCUT2D eigenvalue weighted by Gasteiger charge is 2.07. The third-order valence-electron chi connectivity index (χ3n) is 2.25. The smallest absolute Gasteiger partial charge is 0.271 e. The van der Waals surface area contributed by atoms with Crippen LogP contribution in [0, 0.1) is 10.1 Å². The average molecular weight is 312 g/mol. The molecule has 9 heteroatoms. The first-order valence-corrected chi connectivity index (χ1v) is 6.00. The largest absolute Gasteiger partial charge is 0.382 e. The number of hydrogen-bond acceptors (Lipinski definition) is 6. The predicted molar refractivity (Wildman–Crippen MR) is 76.8 cm³/mol. The summed E-state index contributed by atoms with van der Waals surface area (Å²) in [6, 6.07) is 5.81. The van der Waals surface area contributed by atoms with Gasteiger partial charge in [-0.1, -0.05) is 29.3 Å². The first-order valence-electron chi connectivity index (χ1n) is 5.24. The van der Waals surface area contributed by atoms with E-state index in [4.69, 9.17) is 28.9 Å². The van der Waals surface area contributed by atoms with E-state index in [2.05, 4.69) is 15.0 Å². The molecule has 7 nitrogen and oxygen atoms in total. The van der Waals surface area contributed by atoms with Crippen LogP contribution in [0.15, 0.2) is 29.3 Å². The lowest BCUT2D eigenvalue weighted by Gasteiger charge is -2.00. The number of aliphatic imine (C=N–C) groups is 1. The summed E-state index contributed by atoms with van der Waals surface area (Å²) in [6.45, 7) is 0. The van der Waals surface area contributed by atoms with Crippen LogP contribution in [0.25, 0.3) is 0 Å². The normalized spacial score (nSPS) is 10.9. The fraction of sp³-hybridized carbons (Fsp3) is 0. The molecule has 2 N–H and O–H groups in total. The molecule has 0 spiro atoms. The molecule has 0 aliphatic heterocycles. The van der Waals surface area contributed by atoms with Gasteiger partial charge in [-0.2, -0.15) is 0 Å². The van der Waals surface area contributed by atoms with Crippen LogP contribution in [0.1, 0.15) is 5.69 Å². The molecule has 0 radical (unpaired) electrons. The molecule has 2 rings (SSSR count). The second-order valence-electron chi connectivity index (χ2n) is 3.61. The van der Waals surface area contributed by atoms with Crippen molar-refractivity contribution in [3.05, 3.63) is 50.4 Å². The van der Waals surface area contributed by atoms with Gasteiger partial charge in [-0.3, -0.25) is 15.1 Å². The lowest BCUT2D eigenvalue weighted by atomic mass is 10.3. The summed E-state index contributed by atoms with van der Waals surface area (Å²) in [6.07, 6.45) is 1.31. The van der Waals surface area contributed by atoms with E-state index >= 15 is 0 Å². The summed E-state index contributed by atoms with van der Waals surface area (Å²) in [7, 11) is 0. The summed E-state index contributed by atoms with van der Waals surface area (Å²) in [5.41, 5.74) is 6.16. The maximum absolute atomic E-state index is 10.6. The van der Waals surface area contributed by atoms with E-state index in [1.807, 2.05) is 0 Å². The van der Waals surface area contributed by atoms with Crippen molar-refractivity contribution >= 4 is 46.6 Å². The van der Waals surface area contributed by atoms with E-state index in [9.17, 15) is 10.1 Å². The van der Waals surface area contributed by atoms with Crippen molar-refractivity contribution in [2.45, 2.75) is 0 Å². The van der Waals surface area contributed by atoms with Crippen molar-refractivity contribution in [1.29, 1.82) is 0 Å². The zero-order valence-electron chi connectivity index (χ0n) is 9.83. The van der Waals surface area contributed by atoms with E-state index < -0.39 is 4.92 Å². The molecule has 0 aliphatic rings. The number of nitrogens with two attached hydrogens (primary N) is 1. The van der Waals surface area contributed by atoms with E-state index in [1.54, 1.807) is 6.07 Å². The standard InChI is InChI=1S/C11H7Cl2N5O2/c12-9-10(13)17-11(14)8(16-9)5-15-6-2-1-3-7(4-6)18(19)20/h1-5H,(H2,14,17). The maximum Gasteiger partial charge on any atom is 0.271 e. The number of nitro benzene ring substituents is 1. The number of nitrogen functional groups attached to an aromatic ring is 1. The van der Waals surface area contributed by atoms with Crippen LogP contribution in [-0.4, -0.2) is 21.1 Å². The maximum atomic E-state index is 10.6. The third kappa shape index (κ3) is 3.19. The molecule has 1 aromatic heterocycles. The molecule has 102 valence electrons. The second kappa shape index (κ2) is 5.81. The lowest BCUT2D eigenvalue weighted by molar-refractivity contribution is -0.384. The highest BCUT2D eigenvalue weighted by molar-refractivity contribution is 6.40. The van der Waals surface area contributed by atoms with Crippen molar-refractivity contribution in [3.63, 3.8) is 0 Å². The van der Waals surface area contributed by atoms with Crippen LogP contribution in [0.5, 0.6) is 0 Å². The molecular formula is C11H7Cl2N5O2. The van der Waals surface area contributed by atoms with Crippen LogP contribution in [-0.2, 0) is 0 Å². The van der Waals surface area contributed by atoms with Gasteiger partial charge in [0.05, 0.1) is 16.8 Å². The SMILES string of the molecule is Nc1nc(Cl)c(Cl)nc1C=Nc1cccc([N+](=O)[O-])c1.